The maximum atomic E-state index is 12.7. The standard InChI is InChI=1S/C21H19N5O3/c1-13-23-18(11-20(24-13)25-15-6-4-14(12-22)5-7-15)21(27)26-17-9-8-16(28-2)10-19(17)29-3/h4-11H,1-3H3,(H,26,27)(H,23,24,25). The Hall–Kier alpha value is -4.12. The van der Waals surface area contributed by atoms with Crippen molar-refractivity contribution in [2.24, 2.45) is 0 Å². The van der Waals surface area contributed by atoms with E-state index in [0.29, 0.717) is 34.4 Å². The second-order valence-corrected chi connectivity index (χ2v) is 6.02. The number of benzene rings is 2. The summed E-state index contributed by atoms with van der Waals surface area (Å²) >= 11 is 0. The monoisotopic (exact) mass is 389 g/mol. The topological polar surface area (TPSA) is 109 Å². The van der Waals surface area contributed by atoms with E-state index in [0.717, 1.165) is 5.69 Å². The molecule has 8 heteroatoms. The van der Waals surface area contributed by atoms with Gasteiger partial charge in [0.25, 0.3) is 5.91 Å². The first-order chi connectivity index (χ1) is 14.0. The van der Waals surface area contributed by atoms with Crippen LogP contribution in [0.15, 0.2) is 48.5 Å². The van der Waals surface area contributed by atoms with Crippen molar-refractivity contribution in [1.29, 1.82) is 5.26 Å². The van der Waals surface area contributed by atoms with Gasteiger partial charge in [0.1, 0.15) is 28.8 Å². The van der Waals surface area contributed by atoms with Gasteiger partial charge in [-0.15, -0.1) is 0 Å². The molecule has 0 aliphatic carbocycles. The molecule has 2 aromatic carbocycles. The number of methoxy groups -OCH3 is 2. The summed E-state index contributed by atoms with van der Waals surface area (Å²) in [5.74, 6) is 1.59. The SMILES string of the molecule is COc1ccc(NC(=O)c2cc(Nc3ccc(C#N)cc3)nc(C)n2)c(OC)c1. The fourth-order valence-corrected chi connectivity index (χ4v) is 2.61. The van der Waals surface area contributed by atoms with Crippen molar-refractivity contribution in [3.63, 3.8) is 0 Å². The van der Waals surface area contributed by atoms with Crippen LogP contribution in [0.3, 0.4) is 0 Å². The third-order valence-electron chi connectivity index (χ3n) is 4.01. The number of amides is 1. The van der Waals surface area contributed by atoms with Crippen LogP contribution in [0.25, 0.3) is 0 Å². The lowest BCUT2D eigenvalue weighted by Gasteiger charge is -2.12. The number of hydrogen-bond acceptors (Lipinski definition) is 7. The van der Waals surface area contributed by atoms with Gasteiger partial charge in [-0.3, -0.25) is 4.79 Å². The Labute approximate surface area is 168 Å². The average Bonchev–Trinajstić information content (AvgIpc) is 2.74. The van der Waals surface area contributed by atoms with Crippen molar-refractivity contribution < 1.29 is 14.3 Å². The molecule has 0 aliphatic heterocycles. The molecular formula is C21H19N5O3. The second kappa shape index (κ2) is 8.71. The van der Waals surface area contributed by atoms with Crippen molar-refractivity contribution in [2.45, 2.75) is 6.92 Å². The first-order valence-corrected chi connectivity index (χ1v) is 8.68. The summed E-state index contributed by atoms with van der Waals surface area (Å²) in [5, 5.41) is 14.8. The van der Waals surface area contributed by atoms with Crippen LogP contribution < -0.4 is 20.1 Å². The molecule has 1 aromatic heterocycles. The lowest BCUT2D eigenvalue weighted by Crippen LogP contribution is -2.16. The fraction of sp³-hybridized carbons (Fsp3) is 0.143. The largest absolute Gasteiger partial charge is 0.497 e. The average molecular weight is 389 g/mol. The lowest BCUT2D eigenvalue weighted by molar-refractivity contribution is 0.102. The van der Waals surface area contributed by atoms with Crippen LogP contribution in [-0.4, -0.2) is 30.1 Å². The third-order valence-corrected chi connectivity index (χ3v) is 4.01. The number of carbonyl (C=O) groups is 1. The number of aromatic nitrogens is 2. The highest BCUT2D eigenvalue weighted by Crippen LogP contribution is 2.29. The zero-order valence-corrected chi connectivity index (χ0v) is 16.2. The number of anilines is 3. The summed E-state index contributed by atoms with van der Waals surface area (Å²) in [6, 6.07) is 15.6. The number of rotatable bonds is 6. The van der Waals surface area contributed by atoms with Crippen molar-refractivity contribution in [3.8, 4) is 17.6 Å². The molecule has 1 amide bonds. The molecular weight excluding hydrogens is 370 g/mol. The molecule has 0 fully saturated rings. The van der Waals surface area contributed by atoms with Crippen molar-refractivity contribution >= 4 is 23.1 Å². The minimum atomic E-state index is -0.401. The van der Waals surface area contributed by atoms with E-state index in [9.17, 15) is 4.79 Å². The highest BCUT2D eigenvalue weighted by atomic mass is 16.5. The normalized spacial score (nSPS) is 10.0. The molecule has 1 heterocycles. The summed E-state index contributed by atoms with van der Waals surface area (Å²) in [6.45, 7) is 1.70. The quantitative estimate of drug-likeness (QED) is 0.662. The molecule has 0 unspecified atom stereocenters. The lowest BCUT2D eigenvalue weighted by atomic mass is 10.2. The molecule has 0 atom stereocenters. The van der Waals surface area contributed by atoms with Crippen LogP contribution in [0.4, 0.5) is 17.2 Å². The van der Waals surface area contributed by atoms with Gasteiger partial charge in [-0.1, -0.05) is 0 Å². The number of carbonyl (C=O) groups excluding carboxylic acids is 1. The Kier molecular flexibility index (Phi) is 5.90. The van der Waals surface area contributed by atoms with E-state index >= 15 is 0 Å². The van der Waals surface area contributed by atoms with Crippen molar-refractivity contribution in [3.05, 3.63) is 65.6 Å². The number of nitriles is 1. The predicted octanol–water partition coefficient (Wildman–Crippen LogP) is 3.67. The van der Waals surface area contributed by atoms with Gasteiger partial charge < -0.3 is 20.1 Å². The summed E-state index contributed by atoms with van der Waals surface area (Å²) in [6.07, 6.45) is 0. The minimum Gasteiger partial charge on any atom is -0.497 e. The van der Waals surface area contributed by atoms with Gasteiger partial charge in [-0.05, 0) is 43.3 Å². The Balaban J connectivity index is 1.81. The van der Waals surface area contributed by atoms with E-state index in [1.807, 2.05) is 0 Å². The van der Waals surface area contributed by atoms with Crippen LogP contribution in [0, 0.1) is 18.3 Å². The third kappa shape index (κ3) is 4.78. The van der Waals surface area contributed by atoms with Crippen LogP contribution in [0.1, 0.15) is 21.9 Å². The van der Waals surface area contributed by atoms with E-state index in [1.54, 1.807) is 62.6 Å². The van der Waals surface area contributed by atoms with Crippen molar-refractivity contribution in [2.75, 3.05) is 24.9 Å². The van der Waals surface area contributed by atoms with E-state index in [2.05, 4.69) is 26.7 Å². The Morgan fingerprint density at radius 1 is 1.03 bits per heavy atom. The summed E-state index contributed by atoms with van der Waals surface area (Å²) < 4.78 is 10.5. The highest BCUT2D eigenvalue weighted by Gasteiger charge is 2.14. The fourth-order valence-electron chi connectivity index (χ4n) is 2.61. The minimum absolute atomic E-state index is 0.200. The molecule has 0 aliphatic rings. The van der Waals surface area contributed by atoms with Crippen LogP contribution in [0.5, 0.6) is 11.5 Å². The molecule has 0 bridgehead atoms. The van der Waals surface area contributed by atoms with Gasteiger partial charge >= 0.3 is 0 Å². The van der Waals surface area contributed by atoms with E-state index < -0.39 is 5.91 Å². The molecule has 0 spiro atoms. The van der Waals surface area contributed by atoms with Gasteiger partial charge in [0, 0.05) is 17.8 Å². The summed E-state index contributed by atoms with van der Waals surface area (Å²) in [5.41, 5.74) is 2.00. The zero-order chi connectivity index (χ0) is 20.8. The molecule has 3 aromatic rings. The molecule has 0 saturated carbocycles. The van der Waals surface area contributed by atoms with Crippen LogP contribution in [-0.2, 0) is 0 Å². The summed E-state index contributed by atoms with van der Waals surface area (Å²) in [7, 11) is 3.07. The molecule has 8 nitrogen and oxygen atoms in total. The maximum absolute atomic E-state index is 12.7. The molecule has 29 heavy (non-hydrogen) atoms. The van der Waals surface area contributed by atoms with Gasteiger partial charge in [0.05, 0.1) is 31.5 Å². The smallest absolute Gasteiger partial charge is 0.274 e. The number of ether oxygens (including phenoxy) is 2. The van der Waals surface area contributed by atoms with Gasteiger partial charge in [-0.25, -0.2) is 9.97 Å². The molecule has 0 radical (unpaired) electrons. The van der Waals surface area contributed by atoms with Gasteiger partial charge in [0.15, 0.2) is 0 Å². The molecule has 3 rings (SSSR count). The number of hydrogen-bond donors (Lipinski definition) is 2. The molecule has 0 saturated heterocycles. The summed E-state index contributed by atoms with van der Waals surface area (Å²) in [4.78, 5) is 21.3. The predicted molar refractivity (Wildman–Crippen MR) is 109 cm³/mol. The maximum Gasteiger partial charge on any atom is 0.274 e. The number of aryl methyl sites for hydroxylation is 1. The van der Waals surface area contributed by atoms with E-state index in [-0.39, 0.29) is 5.69 Å². The zero-order valence-electron chi connectivity index (χ0n) is 16.2. The van der Waals surface area contributed by atoms with E-state index in [4.69, 9.17) is 14.7 Å². The van der Waals surface area contributed by atoms with Crippen molar-refractivity contribution in [1.82, 2.24) is 9.97 Å². The van der Waals surface area contributed by atoms with Gasteiger partial charge in [-0.2, -0.15) is 5.26 Å². The number of nitrogens with zero attached hydrogens (tertiary/aromatic N) is 3. The Bertz CT molecular complexity index is 1070. The Morgan fingerprint density at radius 2 is 1.79 bits per heavy atom. The van der Waals surface area contributed by atoms with Crippen LogP contribution >= 0.6 is 0 Å². The molecule has 146 valence electrons. The molecule has 2 N–H and O–H groups in total. The second-order valence-electron chi connectivity index (χ2n) is 6.02. The van der Waals surface area contributed by atoms with E-state index in [1.165, 1.54) is 7.11 Å². The number of nitrogens with one attached hydrogen (secondary N) is 2. The van der Waals surface area contributed by atoms with Gasteiger partial charge in [0.2, 0.25) is 0 Å². The highest BCUT2D eigenvalue weighted by molar-refractivity contribution is 6.04. The van der Waals surface area contributed by atoms with Crippen LogP contribution in [0.2, 0.25) is 0 Å². The first kappa shape index (κ1) is 19.6. The Morgan fingerprint density at radius 3 is 2.45 bits per heavy atom. The first-order valence-electron chi connectivity index (χ1n) is 8.68.